The smallest absolute Gasteiger partial charge is 0.182 e. The third-order valence-corrected chi connectivity index (χ3v) is 4.05. The van der Waals surface area contributed by atoms with Crippen LogP contribution in [0.4, 0.5) is 11.4 Å². The maximum absolute atomic E-state index is 12.5. The Morgan fingerprint density at radius 2 is 1.67 bits per heavy atom. The van der Waals surface area contributed by atoms with E-state index in [0.717, 1.165) is 24.3 Å². The summed E-state index contributed by atoms with van der Waals surface area (Å²) in [5, 5.41) is 0. The molecular formula is C18H20N2O. The number of anilines is 2. The summed E-state index contributed by atoms with van der Waals surface area (Å²) in [6.45, 7) is 4.29. The lowest BCUT2D eigenvalue weighted by molar-refractivity contribution is 0.0999. The van der Waals surface area contributed by atoms with E-state index in [1.807, 2.05) is 43.3 Å². The number of aryl methyl sites for hydroxylation is 1. The molecule has 3 nitrogen and oxygen atoms in total. The van der Waals surface area contributed by atoms with Crippen molar-refractivity contribution in [1.82, 2.24) is 0 Å². The largest absolute Gasteiger partial charge is 0.371 e. The summed E-state index contributed by atoms with van der Waals surface area (Å²) in [5.74, 6) is 0.175. The topological polar surface area (TPSA) is 23.6 Å². The summed E-state index contributed by atoms with van der Waals surface area (Å²) < 4.78 is 0. The number of para-hydroxylation sites is 2. The number of hydrogen-bond acceptors (Lipinski definition) is 3. The van der Waals surface area contributed by atoms with E-state index in [4.69, 9.17) is 0 Å². The molecule has 108 valence electrons. The second kappa shape index (κ2) is 5.60. The third kappa shape index (κ3) is 2.77. The van der Waals surface area contributed by atoms with E-state index in [9.17, 15) is 4.79 Å². The molecular weight excluding hydrogens is 260 g/mol. The number of ketones is 1. The summed E-state index contributed by atoms with van der Waals surface area (Å²) in [6, 6.07) is 16.1. The van der Waals surface area contributed by atoms with Crippen LogP contribution in [0.5, 0.6) is 0 Å². The Labute approximate surface area is 125 Å². The molecule has 0 saturated heterocycles. The quantitative estimate of drug-likeness (QED) is 0.807. The summed E-state index contributed by atoms with van der Waals surface area (Å²) in [4.78, 5) is 16.9. The van der Waals surface area contributed by atoms with Gasteiger partial charge in [-0.25, -0.2) is 0 Å². The highest BCUT2D eigenvalue weighted by Crippen LogP contribution is 2.31. The first-order chi connectivity index (χ1) is 10.1. The fourth-order valence-corrected chi connectivity index (χ4v) is 2.73. The number of Topliss-reactive ketones (excluding diaryl/α,β-unsaturated/α-hetero) is 1. The summed E-state index contributed by atoms with van der Waals surface area (Å²) in [7, 11) is 2.10. The molecule has 1 aliphatic heterocycles. The predicted octanol–water partition coefficient (Wildman–Crippen LogP) is 3.13. The zero-order valence-corrected chi connectivity index (χ0v) is 12.5. The van der Waals surface area contributed by atoms with E-state index in [0.29, 0.717) is 6.54 Å². The standard InChI is InChI=1S/C18H20N2O/c1-14-7-9-15(10-8-14)18(21)13-20-12-11-19(2)16-5-3-4-6-17(16)20/h3-10H,11-13H2,1-2H3. The van der Waals surface area contributed by atoms with Crippen molar-refractivity contribution in [3.05, 3.63) is 59.7 Å². The van der Waals surface area contributed by atoms with Crippen LogP contribution in [0.15, 0.2) is 48.5 Å². The van der Waals surface area contributed by atoms with Gasteiger partial charge in [-0.2, -0.15) is 0 Å². The molecule has 0 N–H and O–H groups in total. The van der Waals surface area contributed by atoms with Gasteiger partial charge in [-0.3, -0.25) is 4.79 Å². The van der Waals surface area contributed by atoms with Gasteiger partial charge in [0.05, 0.1) is 17.9 Å². The molecule has 0 fully saturated rings. The zero-order chi connectivity index (χ0) is 14.8. The van der Waals surface area contributed by atoms with Crippen LogP contribution in [0.3, 0.4) is 0 Å². The highest BCUT2D eigenvalue weighted by atomic mass is 16.1. The van der Waals surface area contributed by atoms with Gasteiger partial charge in [-0.15, -0.1) is 0 Å². The number of carbonyl (C=O) groups excluding carboxylic acids is 1. The van der Waals surface area contributed by atoms with Gasteiger partial charge in [-0.05, 0) is 19.1 Å². The van der Waals surface area contributed by atoms with Crippen molar-refractivity contribution in [1.29, 1.82) is 0 Å². The number of rotatable bonds is 3. The van der Waals surface area contributed by atoms with Crippen molar-refractivity contribution in [3.8, 4) is 0 Å². The highest BCUT2D eigenvalue weighted by Gasteiger charge is 2.21. The van der Waals surface area contributed by atoms with Gasteiger partial charge in [0.2, 0.25) is 0 Å². The maximum atomic E-state index is 12.5. The lowest BCUT2D eigenvalue weighted by Gasteiger charge is -2.36. The van der Waals surface area contributed by atoms with Crippen LogP contribution in [0.1, 0.15) is 15.9 Å². The second-order valence-electron chi connectivity index (χ2n) is 5.62. The summed E-state index contributed by atoms with van der Waals surface area (Å²) in [6.07, 6.45) is 0. The van der Waals surface area contributed by atoms with Gasteiger partial charge in [0.1, 0.15) is 0 Å². The lowest BCUT2D eigenvalue weighted by Crippen LogP contribution is -2.41. The summed E-state index contributed by atoms with van der Waals surface area (Å²) >= 11 is 0. The zero-order valence-electron chi connectivity index (χ0n) is 12.5. The molecule has 0 aliphatic carbocycles. The van der Waals surface area contributed by atoms with Crippen LogP contribution in [-0.2, 0) is 0 Å². The third-order valence-electron chi connectivity index (χ3n) is 4.05. The van der Waals surface area contributed by atoms with Crippen LogP contribution in [-0.4, -0.2) is 32.5 Å². The van der Waals surface area contributed by atoms with Crippen molar-refractivity contribution in [2.24, 2.45) is 0 Å². The molecule has 1 heterocycles. The van der Waals surface area contributed by atoms with Crippen molar-refractivity contribution in [2.75, 3.05) is 36.5 Å². The molecule has 2 aromatic rings. The van der Waals surface area contributed by atoms with Crippen LogP contribution in [0, 0.1) is 6.92 Å². The van der Waals surface area contributed by atoms with Crippen LogP contribution in [0.25, 0.3) is 0 Å². The summed E-state index contributed by atoms with van der Waals surface area (Å²) in [5.41, 5.74) is 4.31. The van der Waals surface area contributed by atoms with E-state index in [1.54, 1.807) is 0 Å². The van der Waals surface area contributed by atoms with E-state index >= 15 is 0 Å². The van der Waals surface area contributed by atoms with Crippen LogP contribution in [0.2, 0.25) is 0 Å². The van der Waals surface area contributed by atoms with Crippen molar-refractivity contribution in [2.45, 2.75) is 6.92 Å². The molecule has 0 unspecified atom stereocenters. The Morgan fingerprint density at radius 3 is 2.38 bits per heavy atom. The minimum atomic E-state index is 0.175. The SMILES string of the molecule is Cc1ccc(C(=O)CN2CCN(C)c3ccccc32)cc1. The van der Waals surface area contributed by atoms with Gasteiger partial charge < -0.3 is 9.80 Å². The van der Waals surface area contributed by atoms with Crippen LogP contribution >= 0.6 is 0 Å². The normalized spacial score (nSPS) is 14.0. The maximum Gasteiger partial charge on any atom is 0.182 e. The van der Waals surface area contributed by atoms with Gasteiger partial charge >= 0.3 is 0 Å². The Balaban J connectivity index is 1.81. The first-order valence-corrected chi connectivity index (χ1v) is 7.30. The average molecular weight is 280 g/mol. The van der Waals surface area contributed by atoms with Crippen molar-refractivity contribution >= 4 is 17.2 Å². The number of benzene rings is 2. The van der Waals surface area contributed by atoms with E-state index in [2.05, 4.69) is 29.0 Å². The number of likely N-dealkylation sites (N-methyl/N-ethyl adjacent to an activating group) is 1. The monoisotopic (exact) mass is 280 g/mol. The van der Waals surface area contributed by atoms with E-state index < -0.39 is 0 Å². The Kier molecular flexibility index (Phi) is 3.65. The van der Waals surface area contributed by atoms with E-state index in [-0.39, 0.29) is 5.78 Å². The fraction of sp³-hybridized carbons (Fsp3) is 0.278. The Hall–Kier alpha value is -2.29. The average Bonchev–Trinajstić information content (AvgIpc) is 2.51. The van der Waals surface area contributed by atoms with Gasteiger partial charge in [0, 0.05) is 25.7 Å². The minimum Gasteiger partial charge on any atom is -0.371 e. The number of nitrogens with zero attached hydrogens (tertiary/aromatic N) is 2. The first kappa shape index (κ1) is 13.7. The lowest BCUT2D eigenvalue weighted by atomic mass is 10.1. The number of carbonyl (C=O) groups is 1. The molecule has 21 heavy (non-hydrogen) atoms. The van der Waals surface area contributed by atoms with Crippen molar-refractivity contribution < 1.29 is 4.79 Å². The fourth-order valence-electron chi connectivity index (χ4n) is 2.73. The predicted molar refractivity (Wildman–Crippen MR) is 87.4 cm³/mol. The highest BCUT2D eigenvalue weighted by molar-refractivity contribution is 5.99. The van der Waals surface area contributed by atoms with Crippen molar-refractivity contribution in [3.63, 3.8) is 0 Å². The molecule has 3 heteroatoms. The number of hydrogen-bond donors (Lipinski definition) is 0. The van der Waals surface area contributed by atoms with Gasteiger partial charge in [-0.1, -0.05) is 42.0 Å². The first-order valence-electron chi connectivity index (χ1n) is 7.30. The molecule has 0 amide bonds. The molecule has 0 aromatic heterocycles. The molecule has 0 atom stereocenters. The molecule has 0 bridgehead atoms. The Morgan fingerprint density at radius 1 is 1.00 bits per heavy atom. The van der Waals surface area contributed by atoms with Gasteiger partial charge in [0.25, 0.3) is 0 Å². The minimum absolute atomic E-state index is 0.175. The molecule has 0 saturated carbocycles. The number of fused-ring (bicyclic) bond motifs is 1. The van der Waals surface area contributed by atoms with E-state index in [1.165, 1.54) is 11.3 Å². The molecule has 1 aliphatic rings. The molecule has 0 radical (unpaired) electrons. The second-order valence-corrected chi connectivity index (χ2v) is 5.62. The molecule has 2 aromatic carbocycles. The van der Waals surface area contributed by atoms with Crippen LogP contribution < -0.4 is 9.80 Å². The molecule has 3 rings (SSSR count). The van der Waals surface area contributed by atoms with Gasteiger partial charge in [0.15, 0.2) is 5.78 Å². The Bertz CT molecular complexity index is 649. The molecule has 0 spiro atoms.